The van der Waals surface area contributed by atoms with E-state index in [0.717, 1.165) is 4.90 Å². The number of benzene rings is 1. The molecule has 0 saturated heterocycles. The molecule has 6 heteroatoms. The summed E-state index contributed by atoms with van der Waals surface area (Å²) in [4.78, 5) is 24.5. The number of hydrogen-bond acceptors (Lipinski definition) is 5. The average molecular weight is 262 g/mol. The lowest BCUT2D eigenvalue weighted by atomic mass is 10.2. The number of aliphatic hydroxyl groups is 1. The highest BCUT2D eigenvalue weighted by Crippen LogP contribution is 2.26. The summed E-state index contributed by atoms with van der Waals surface area (Å²) in [6.07, 6.45) is 1.21. The van der Waals surface area contributed by atoms with Crippen molar-refractivity contribution in [3.05, 3.63) is 36.0 Å². The summed E-state index contributed by atoms with van der Waals surface area (Å²) in [5.74, 6) is -0.314. The van der Waals surface area contributed by atoms with Gasteiger partial charge in [0.2, 0.25) is 0 Å². The van der Waals surface area contributed by atoms with Crippen molar-refractivity contribution in [1.29, 1.82) is 0 Å². The van der Waals surface area contributed by atoms with Crippen molar-refractivity contribution in [1.82, 2.24) is 4.90 Å². The van der Waals surface area contributed by atoms with Gasteiger partial charge in [0.1, 0.15) is 11.4 Å². The molecule has 0 spiro atoms. The minimum atomic E-state index is -0.454. The molecular weight excluding hydrogens is 248 g/mol. The highest BCUT2D eigenvalue weighted by Gasteiger charge is 2.30. The molecule has 0 fully saturated rings. The summed E-state index contributed by atoms with van der Waals surface area (Å²) in [5, 5.41) is 11.7. The maximum atomic E-state index is 11.9. The second-order valence-corrected chi connectivity index (χ2v) is 3.90. The molecule has 0 aromatic heterocycles. The predicted octanol–water partition coefficient (Wildman–Crippen LogP) is 0.352. The van der Waals surface area contributed by atoms with Gasteiger partial charge in [0.25, 0.3) is 11.8 Å². The number of carbonyl (C=O) groups excluding carboxylic acids is 2. The summed E-state index contributed by atoms with van der Waals surface area (Å²) in [6, 6.07) is 7.08. The first-order chi connectivity index (χ1) is 9.17. The third-order valence-corrected chi connectivity index (χ3v) is 2.71. The van der Waals surface area contributed by atoms with Crippen molar-refractivity contribution in [2.75, 3.05) is 25.6 Å². The molecular formula is C13H14N2O4. The summed E-state index contributed by atoms with van der Waals surface area (Å²) in [5.41, 5.74) is 0.770. The van der Waals surface area contributed by atoms with E-state index >= 15 is 0 Å². The SMILES string of the molecule is COc1ccccc1NC1=CC(=O)N(CCO)C1=O. The van der Waals surface area contributed by atoms with Gasteiger partial charge in [0.15, 0.2) is 0 Å². The number of anilines is 1. The van der Waals surface area contributed by atoms with Crippen molar-refractivity contribution in [2.24, 2.45) is 0 Å². The van der Waals surface area contributed by atoms with Gasteiger partial charge >= 0.3 is 0 Å². The fourth-order valence-corrected chi connectivity index (χ4v) is 1.80. The van der Waals surface area contributed by atoms with Gasteiger partial charge in [-0.2, -0.15) is 0 Å². The van der Waals surface area contributed by atoms with E-state index in [1.165, 1.54) is 13.2 Å². The lowest BCUT2D eigenvalue weighted by molar-refractivity contribution is -0.137. The number of aliphatic hydroxyl groups excluding tert-OH is 1. The Hall–Kier alpha value is -2.34. The zero-order chi connectivity index (χ0) is 13.8. The second kappa shape index (κ2) is 5.53. The normalized spacial score (nSPS) is 14.6. The Bertz CT molecular complexity index is 539. The molecule has 1 aliphatic rings. The van der Waals surface area contributed by atoms with Crippen molar-refractivity contribution >= 4 is 17.5 Å². The van der Waals surface area contributed by atoms with Crippen LogP contribution in [0.2, 0.25) is 0 Å². The Labute approximate surface area is 110 Å². The number of nitrogens with one attached hydrogen (secondary N) is 1. The maximum absolute atomic E-state index is 11.9. The number of amides is 2. The van der Waals surface area contributed by atoms with E-state index in [9.17, 15) is 9.59 Å². The van der Waals surface area contributed by atoms with Gasteiger partial charge in [-0.05, 0) is 12.1 Å². The monoisotopic (exact) mass is 262 g/mol. The Morgan fingerprint density at radius 3 is 2.74 bits per heavy atom. The van der Waals surface area contributed by atoms with Crippen LogP contribution in [0.3, 0.4) is 0 Å². The summed E-state index contributed by atoms with van der Waals surface area (Å²) in [6.45, 7) is -0.265. The van der Waals surface area contributed by atoms with Gasteiger partial charge < -0.3 is 15.2 Å². The largest absolute Gasteiger partial charge is 0.495 e. The third-order valence-electron chi connectivity index (χ3n) is 2.71. The number of methoxy groups -OCH3 is 1. The van der Waals surface area contributed by atoms with Crippen LogP contribution >= 0.6 is 0 Å². The number of para-hydroxylation sites is 2. The van der Waals surface area contributed by atoms with Crippen molar-refractivity contribution in [2.45, 2.75) is 0 Å². The van der Waals surface area contributed by atoms with Gasteiger partial charge in [-0.25, -0.2) is 0 Å². The lowest BCUT2D eigenvalue weighted by Crippen LogP contribution is -2.34. The van der Waals surface area contributed by atoms with Crippen molar-refractivity contribution < 1.29 is 19.4 Å². The van der Waals surface area contributed by atoms with Gasteiger partial charge in [-0.15, -0.1) is 0 Å². The average Bonchev–Trinajstić information content (AvgIpc) is 2.67. The molecule has 0 radical (unpaired) electrons. The number of imide groups is 1. The molecule has 1 aromatic carbocycles. The van der Waals surface area contributed by atoms with E-state index in [4.69, 9.17) is 9.84 Å². The van der Waals surface area contributed by atoms with Crippen LogP contribution in [0.25, 0.3) is 0 Å². The molecule has 0 unspecified atom stereocenters. The van der Waals surface area contributed by atoms with E-state index in [0.29, 0.717) is 11.4 Å². The molecule has 0 saturated carbocycles. The molecule has 1 aliphatic heterocycles. The minimum Gasteiger partial charge on any atom is -0.495 e. The molecule has 6 nitrogen and oxygen atoms in total. The fraction of sp³-hybridized carbons (Fsp3) is 0.231. The quantitative estimate of drug-likeness (QED) is 0.749. The van der Waals surface area contributed by atoms with E-state index in [1.807, 2.05) is 0 Å². The highest BCUT2D eigenvalue weighted by atomic mass is 16.5. The van der Waals surface area contributed by atoms with E-state index in [-0.39, 0.29) is 18.8 Å². The first-order valence-corrected chi connectivity index (χ1v) is 5.75. The molecule has 2 amide bonds. The maximum Gasteiger partial charge on any atom is 0.277 e. The van der Waals surface area contributed by atoms with E-state index < -0.39 is 11.8 Å². The van der Waals surface area contributed by atoms with Crippen molar-refractivity contribution in [3.8, 4) is 5.75 Å². The summed E-state index contributed by atoms with van der Waals surface area (Å²) in [7, 11) is 1.52. The molecule has 19 heavy (non-hydrogen) atoms. The summed E-state index contributed by atoms with van der Waals surface area (Å²) >= 11 is 0. The van der Waals surface area contributed by atoms with Crippen LogP contribution in [-0.4, -0.2) is 42.1 Å². The molecule has 1 aromatic rings. The van der Waals surface area contributed by atoms with Crippen LogP contribution in [0, 0.1) is 0 Å². The number of carbonyl (C=O) groups is 2. The molecule has 2 rings (SSSR count). The number of β-amino-alcohol motifs (C(OH)–C–C–N with tert-alkyl or cyclic N) is 1. The lowest BCUT2D eigenvalue weighted by Gasteiger charge is -2.14. The second-order valence-electron chi connectivity index (χ2n) is 3.90. The Morgan fingerprint density at radius 1 is 1.32 bits per heavy atom. The number of ether oxygens (including phenoxy) is 1. The van der Waals surface area contributed by atoms with Crippen LogP contribution in [0.1, 0.15) is 0 Å². The number of nitrogens with zero attached hydrogens (tertiary/aromatic N) is 1. The first-order valence-electron chi connectivity index (χ1n) is 5.75. The van der Waals surface area contributed by atoms with Crippen molar-refractivity contribution in [3.63, 3.8) is 0 Å². The van der Waals surface area contributed by atoms with E-state index in [1.54, 1.807) is 24.3 Å². The van der Waals surface area contributed by atoms with Gasteiger partial charge in [-0.1, -0.05) is 12.1 Å². The zero-order valence-corrected chi connectivity index (χ0v) is 10.4. The van der Waals surface area contributed by atoms with Crippen LogP contribution < -0.4 is 10.1 Å². The third kappa shape index (κ3) is 2.58. The first kappa shape index (κ1) is 13.1. The molecule has 0 bridgehead atoms. The molecule has 2 N–H and O–H groups in total. The van der Waals surface area contributed by atoms with Crippen LogP contribution in [0.5, 0.6) is 5.75 Å². The van der Waals surface area contributed by atoms with Crippen LogP contribution in [0.4, 0.5) is 5.69 Å². The smallest absolute Gasteiger partial charge is 0.277 e. The molecule has 0 aliphatic carbocycles. The Balaban J connectivity index is 2.18. The standard InChI is InChI=1S/C13H14N2O4/c1-19-11-5-3-2-4-9(11)14-10-8-12(17)15(6-7-16)13(10)18/h2-5,8,14,16H,6-7H2,1H3. The van der Waals surface area contributed by atoms with Gasteiger partial charge in [0, 0.05) is 6.08 Å². The molecule has 100 valence electrons. The van der Waals surface area contributed by atoms with Crippen LogP contribution in [-0.2, 0) is 9.59 Å². The Kier molecular flexibility index (Phi) is 3.82. The van der Waals surface area contributed by atoms with Crippen LogP contribution in [0.15, 0.2) is 36.0 Å². The molecule has 1 heterocycles. The summed E-state index contributed by atoms with van der Waals surface area (Å²) < 4.78 is 5.15. The fourth-order valence-electron chi connectivity index (χ4n) is 1.80. The van der Waals surface area contributed by atoms with E-state index in [2.05, 4.69) is 5.32 Å². The zero-order valence-electron chi connectivity index (χ0n) is 10.4. The van der Waals surface area contributed by atoms with Gasteiger partial charge in [-0.3, -0.25) is 14.5 Å². The number of hydrogen-bond donors (Lipinski definition) is 2. The molecule has 0 atom stereocenters. The minimum absolute atomic E-state index is 0.00866. The predicted molar refractivity (Wildman–Crippen MR) is 68.5 cm³/mol. The number of rotatable bonds is 5. The van der Waals surface area contributed by atoms with Gasteiger partial charge in [0.05, 0.1) is 25.9 Å². The highest BCUT2D eigenvalue weighted by molar-refractivity contribution is 6.17. The topological polar surface area (TPSA) is 78.9 Å². The Morgan fingerprint density at radius 2 is 2.05 bits per heavy atom.